The lowest BCUT2D eigenvalue weighted by atomic mass is 9.93. The summed E-state index contributed by atoms with van der Waals surface area (Å²) in [6.07, 6.45) is 0. The molecule has 0 radical (unpaired) electrons. The molecule has 106 valence electrons. The van der Waals surface area contributed by atoms with Crippen molar-refractivity contribution in [3.8, 4) is 0 Å². The minimum absolute atomic E-state index is 0.0662. The van der Waals surface area contributed by atoms with Crippen LogP contribution in [0.1, 0.15) is 36.9 Å². The van der Waals surface area contributed by atoms with Crippen LogP contribution in [0.2, 0.25) is 0 Å². The summed E-state index contributed by atoms with van der Waals surface area (Å²) in [5.74, 6) is 5.28. The van der Waals surface area contributed by atoms with Crippen LogP contribution in [0.4, 0.5) is 0 Å². The first-order chi connectivity index (χ1) is 8.94. The lowest BCUT2D eigenvalue weighted by Crippen LogP contribution is -2.38. The van der Waals surface area contributed by atoms with Crippen LogP contribution in [0.25, 0.3) is 0 Å². The van der Waals surface area contributed by atoms with Crippen molar-refractivity contribution in [2.45, 2.75) is 25.8 Å². The normalized spacial score (nSPS) is 28.7. The molecule has 1 aromatic carbocycles. The Morgan fingerprint density at radius 1 is 1.47 bits per heavy atom. The zero-order valence-electron chi connectivity index (χ0n) is 11.5. The van der Waals surface area contributed by atoms with Crippen molar-refractivity contribution in [3.05, 3.63) is 35.4 Å². The first-order valence-electron chi connectivity index (χ1n) is 6.51. The largest absolute Gasteiger partial charge is 0.253 e. The highest BCUT2D eigenvalue weighted by Gasteiger charge is 2.30. The van der Waals surface area contributed by atoms with Crippen molar-refractivity contribution < 1.29 is 4.21 Å². The summed E-state index contributed by atoms with van der Waals surface area (Å²) in [4.78, 5) is 0. The molecule has 1 fully saturated rings. The molecule has 1 aliphatic rings. The summed E-state index contributed by atoms with van der Waals surface area (Å²) in [6, 6.07) is 8.39. The Labute approximate surface area is 120 Å². The van der Waals surface area contributed by atoms with E-state index in [1.165, 1.54) is 11.1 Å². The zero-order valence-corrected chi connectivity index (χ0v) is 13.2. The van der Waals surface area contributed by atoms with Crippen LogP contribution >= 0.6 is 11.5 Å². The predicted molar refractivity (Wildman–Crippen MR) is 86.7 cm³/mol. The van der Waals surface area contributed by atoms with E-state index < -0.39 is 9.73 Å². The number of nitrogens with zero attached hydrogens (tertiary/aromatic N) is 1. The number of nitrogens with one attached hydrogen (secondary N) is 1. The third kappa shape index (κ3) is 3.27. The molecule has 0 saturated carbocycles. The summed E-state index contributed by atoms with van der Waals surface area (Å²) in [5, 5.41) is 0. The highest BCUT2D eigenvalue weighted by atomic mass is 32.2. The highest BCUT2D eigenvalue weighted by molar-refractivity contribution is 7.95. The molecule has 1 N–H and O–H groups in total. The second-order valence-corrected chi connectivity index (χ2v) is 8.45. The predicted octanol–water partition coefficient (Wildman–Crippen LogP) is 3.03. The fraction of sp³-hybridized carbons (Fsp3) is 0.500. The van der Waals surface area contributed by atoms with Gasteiger partial charge in [-0.25, -0.2) is 8.51 Å². The van der Waals surface area contributed by atoms with E-state index in [1.54, 1.807) is 0 Å². The number of rotatable bonds is 3. The molecular formula is C14H22N2OS2. The molecular weight excluding hydrogens is 276 g/mol. The Bertz CT molecular complexity index is 567. The van der Waals surface area contributed by atoms with Crippen molar-refractivity contribution in [3.63, 3.8) is 0 Å². The van der Waals surface area contributed by atoms with Gasteiger partial charge >= 0.3 is 0 Å². The molecule has 1 heterocycles. The molecule has 0 amide bonds. The second-order valence-electron chi connectivity index (χ2n) is 5.29. The van der Waals surface area contributed by atoms with Gasteiger partial charge in [0.15, 0.2) is 0 Å². The lowest BCUT2D eigenvalue weighted by Gasteiger charge is -2.35. The Hall–Kier alpha value is -0.650. The van der Waals surface area contributed by atoms with Gasteiger partial charge in [-0.05, 0) is 17.0 Å². The Morgan fingerprint density at radius 3 is 2.79 bits per heavy atom. The Morgan fingerprint density at radius 2 is 2.16 bits per heavy atom. The average molecular weight is 298 g/mol. The van der Waals surface area contributed by atoms with Crippen LogP contribution in [-0.2, 0) is 9.73 Å². The van der Waals surface area contributed by atoms with Crippen LogP contribution in [-0.4, -0.2) is 32.4 Å². The van der Waals surface area contributed by atoms with Gasteiger partial charge in [0.25, 0.3) is 0 Å². The van der Waals surface area contributed by atoms with Crippen LogP contribution < -0.4 is 0 Å². The maximum atomic E-state index is 12.1. The molecule has 1 aromatic rings. The van der Waals surface area contributed by atoms with Crippen LogP contribution in [0, 0.1) is 4.78 Å². The number of hydrogen-bond donors (Lipinski definition) is 2. The van der Waals surface area contributed by atoms with Crippen molar-refractivity contribution >= 4 is 27.1 Å². The van der Waals surface area contributed by atoms with Crippen LogP contribution in [0.3, 0.4) is 0 Å². The van der Waals surface area contributed by atoms with Crippen LogP contribution in [0.5, 0.6) is 0 Å². The maximum Gasteiger partial charge on any atom is 0.0571 e. The summed E-state index contributed by atoms with van der Waals surface area (Å²) < 4.78 is 22.3. The molecule has 2 unspecified atom stereocenters. The molecule has 0 bridgehead atoms. The van der Waals surface area contributed by atoms with E-state index in [0.29, 0.717) is 24.0 Å². The SMILES string of the molecule is C=[SH]N1CCS(=N)(=O)CC1c1ccccc1C(C)C. The lowest BCUT2D eigenvalue weighted by molar-refractivity contribution is 0.391. The first kappa shape index (κ1) is 14.8. The van der Waals surface area contributed by atoms with E-state index in [9.17, 15) is 4.21 Å². The summed E-state index contributed by atoms with van der Waals surface area (Å²) in [7, 11) is -2.44. The number of hydrogen-bond acceptors (Lipinski definition) is 3. The van der Waals surface area contributed by atoms with E-state index in [-0.39, 0.29) is 6.04 Å². The Balaban J connectivity index is 2.45. The van der Waals surface area contributed by atoms with Crippen LogP contribution in [0.15, 0.2) is 24.3 Å². The van der Waals surface area contributed by atoms with Crippen molar-refractivity contribution in [1.29, 1.82) is 4.78 Å². The van der Waals surface area contributed by atoms with Crippen molar-refractivity contribution in [1.82, 2.24) is 4.31 Å². The van der Waals surface area contributed by atoms with Gasteiger partial charge < -0.3 is 0 Å². The van der Waals surface area contributed by atoms with Gasteiger partial charge in [0.05, 0.1) is 11.8 Å². The second kappa shape index (κ2) is 5.77. The van der Waals surface area contributed by atoms with Gasteiger partial charge in [-0.1, -0.05) is 44.0 Å². The van der Waals surface area contributed by atoms with E-state index in [0.717, 1.165) is 11.5 Å². The van der Waals surface area contributed by atoms with Gasteiger partial charge in [0.1, 0.15) is 0 Å². The molecule has 1 aliphatic heterocycles. The minimum Gasteiger partial charge on any atom is -0.253 e. The van der Waals surface area contributed by atoms with E-state index in [1.807, 2.05) is 12.1 Å². The third-order valence-corrected chi connectivity index (χ3v) is 6.13. The molecule has 0 spiro atoms. The van der Waals surface area contributed by atoms with Gasteiger partial charge in [-0.3, -0.25) is 4.78 Å². The molecule has 0 aliphatic carbocycles. The van der Waals surface area contributed by atoms with Gasteiger partial charge in [0, 0.05) is 22.0 Å². The molecule has 5 heteroatoms. The van der Waals surface area contributed by atoms with E-state index in [4.69, 9.17) is 4.78 Å². The topological polar surface area (TPSA) is 44.2 Å². The first-order valence-corrected chi connectivity index (χ1v) is 9.44. The van der Waals surface area contributed by atoms with Gasteiger partial charge in [0.2, 0.25) is 0 Å². The average Bonchev–Trinajstić information content (AvgIpc) is 2.37. The Kier molecular flexibility index (Phi) is 4.48. The van der Waals surface area contributed by atoms with E-state index >= 15 is 0 Å². The number of benzene rings is 1. The van der Waals surface area contributed by atoms with Crippen molar-refractivity contribution in [2.24, 2.45) is 0 Å². The zero-order chi connectivity index (χ0) is 14.0. The highest BCUT2D eigenvalue weighted by Crippen LogP contribution is 2.34. The smallest absolute Gasteiger partial charge is 0.0571 e. The quantitative estimate of drug-likeness (QED) is 0.665. The summed E-state index contributed by atoms with van der Waals surface area (Å²) >= 11 is 0.949. The maximum absolute atomic E-state index is 12.1. The molecule has 1 saturated heterocycles. The van der Waals surface area contributed by atoms with Gasteiger partial charge in [-0.15, -0.1) is 11.5 Å². The standard InChI is InChI=1S/C14H22N2OS2/c1-11(2)12-6-4-5-7-13(12)14-10-19(15,17)9-8-16(14)18-3/h4-7,11,14-15,18H,3,8-10H2,1-2H3. The molecule has 2 atom stereocenters. The summed E-state index contributed by atoms with van der Waals surface area (Å²) in [6.45, 7) is 5.04. The molecule has 2 rings (SSSR count). The summed E-state index contributed by atoms with van der Waals surface area (Å²) in [5.41, 5.74) is 2.51. The van der Waals surface area contributed by atoms with Crippen molar-refractivity contribution in [2.75, 3.05) is 18.1 Å². The molecule has 3 nitrogen and oxygen atoms in total. The number of thiol groups is 1. The fourth-order valence-corrected chi connectivity index (χ4v) is 5.00. The monoisotopic (exact) mass is 298 g/mol. The van der Waals surface area contributed by atoms with Gasteiger partial charge in [-0.2, -0.15) is 0 Å². The minimum atomic E-state index is -2.44. The fourth-order valence-electron chi connectivity index (χ4n) is 2.58. The molecule has 19 heavy (non-hydrogen) atoms. The van der Waals surface area contributed by atoms with E-state index in [2.05, 4.69) is 36.2 Å². The third-order valence-electron chi connectivity index (χ3n) is 3.60. The molecule has 0 aromatic heterocycles.